The number of hydrogen-bond acceptors (Lipinski definition) is 3. The molecule has 0 saturated carbocycles. The van der Waals surface area contributed by atoms with Crippen molar-refractivity contribution in [3.05, 3.63) is 47.5 Å². The lowest BCUT2D eigenvalue weighted by molar-refractivity contribution is 0.670. The number of guanidine groups is 1. The van der Waals surface area contributed by atoms with Gasteiger partial charge in [-0.2, -0.15) is 0 Å². The SMILES string of the molecule is CCNC(=NCc1ccccc1C)NCc1nncn1CC. The van der Waals surface area contributed by atoms with Crippen LogP contribution in [-0.4, -0.2) is 27.3 Å². The molecule has 0 aliphatic carbocycles. The van der Waals surface area contributed by atoms with Crippen LogP contribution >= 0.6 is 0 Å². The van der Waals surface area contributed by atoms with Crippen LogP contribution in [0.25, 0.3) is 0 Å². The van der Waals surface area contributed by atoms with E-state index in [0.717, 1.165) is 24.9 Å². The van der Waals surface area contributed by atoms with Crippen LogP contribution in [0.15, 0.2) is 35.6 Å². The second kappa shape index (κ2) is 8.17. The van der Waals surface area contributed by atoms with Crippen molar-refractivity contribution >= 4 is 5.96 Å². The molecule has 0 unspecified atom stereocenters. The fourth-order valence-electron chi connectivity index (χ4n) is 2.14. The Morgan fingerprint density at radius 3 is 2.77 bits per heavy atom. The van der Waals surface area contributed by atoms with E-state index in [1.165, 1.54) is 11.1 Å². The van der Waals surface area contributed by atoms with Gasteiger partial charge in [0.25, 0.3) is 0 Å². The first-order valence-corrected chi connectivity index (χ1v) is 7.68. The van der Waals surface area contributed by atoms with Crippen molar-refractivity contribution in [2.45, 2.75) is 40.4 Å². The molecular weight excluding hydrogens is 276 g/mol. The molecule has 0 spiro atoms. The highest BCUT2D eigenvalue weighted by molar-refractivity contribution is 5.79. The van der Waals surface area contributed by atoms with E-state index in [9.17, 15) is 0 Å². The van der Waals surface area contributed by atoms with Gasteiger partial charge in [0.05, 0.1) is 13.1 Å². The van der Waals surface area contributed by atoms with Crippen molar-refractivity contribution in [2.24, 2.45) is 4.99 Å². The number of rotatable bonds is 6. The Bertz CT molecular complexity index is 617. The Balaban J connectivity index is 2.00. The van der Waals surface area contributed by atoms with Crippen molar-refractivity contribution in [1.29, 1.82) is 0 Å². The van der Waals surface area contributed by atoms with Gasteiger partial charge in [-0.05, 0) is 31.9 Å². The lowest BCUT2D eigenvalue weighted by atomic mass is 10.1. The van der Waals surface area contributed by atoms with Gasteiger partial charge in [-0.3, -0.25) is 0 Å². The number of aliphatic imine (C=N–C) groups is 1. The van der Waals surface area contributed by atoms with Crippen molar-refractivity contribution in [3.8, 4) is 0 Å². The third kappa shape index (κ3) is 4.31. The molecule has 2 rings (SSSR count). The summed E-state index contributed by atoms with van der Waals surface area (Å²) in [4.78, 5) is 4.64. The molecule has 2 aromatic rings. The van der Waals surface area contributed by atoms with E-state index in [4.69, 9.17) is 0 Å². The first-order valence-electron chi connectivity index (χ1n) is 7.68. The number of aryl methyl sites for hydroxylation is 2. The zero-order valence-corrected chi connectivity index (χ0v) is 13.5. The molecule has 1 aromatic carbocycles. The van der Waals surface area contributed by atoms with E-state index in [-0.39, 0.29) is 0 Å². The van der Waals surface area contributed by atoms with Crippen LogP contribution in [0.5, 0.6) is 0 Å². The topological polar surface area (TPSA) is 67.1 Å². The Labute approximate surface area is 131 Å². The van der Waals surface area contributed by atoms with Gasteiger partial charge >= 0.3 is 0 Å². The summed E-state index contributed by atoms with van der Waals surface area (Å²) in [6.07, 6.45) is 1.74. The molecule has 2 N–H and O–H groups in total. The smallest absolute Gasteiger partial charge is 0.191 e. The Morgan fingerprint density at radius 2 is 2.05 bits per heavy atom. The maximum absolute atomic E-state index is 4.64. The molecule has 22 heavy (non-hydrogen) atoms. The molecule has 1 aromatic heterocycles. The minimum absolute atomic E-state index is 0.605. The minimum atomic E-state index is 0.605. The number of hydrogen-bond donors (Lipinski definition) is 2. The van der Waals surface area contributed by atoms with Crippen LogP contribution < -0.4 is 10.6 Å². The van der Waals surface area contributed by atoms with E-state index in [1.807, 2.05) is 16.7 Å². The highest BCUT2D eigenvalue weighted by atomic mass is 15.3. The molecule has 6 nitrogen and oxygen atoms in total. The maximum atomic E-state index is 4.64. The van der Waals surface area contributed by atoms with Gasteiger partial charge in [0, 0.05) is 13.1 Å². The Kier molecular flexibility index (Phi) is 5.94. The molecule has 0 fully saturated rings. The van der Waals surface area contributed by atoms with E-state index in [2.05, 4.69) is 58.7 Å². The summed E-state index contributed by atoms with van der Waals surface area (Å²) in [6, 6.07) is 8.30. The van der Waals surface area contributed by atoms with Gasteiger partial charge in [0.1, 0.15) is 6.33 Å². The average Bonchev–Trinajstić information content (AvgIpc) is 2.99. The average molecular weight is 300 g/mol. The summed E-state index contributed by atoms with van der Waals surface area (Å²) >= 11 is 0. The van der Waals surface area contributed by atoms with Crippen molar-refractivity contribution in [2.75, 3.05) is 6.54 Å². The molecule has 118 valence electrons. The van der Waals surface area contributed by atoms with Gasteiger partial charge < -0.3 is 15.2 Å². The first-order chi connectivity index (χ1) is 10.7. The Morgan fingerprint density at radius 1 is 1.23 bits per heavy atom. The summed E-state index contributed by atoms with van der Waals surface area (Å²) in [7, 11) is 0. The lowest BCUT2D eigenvalue weighted by Gasteiger charge is -2.12. The highest BCUT2D eigenvalue weighted by Crippen LogP contribution is 2.07. The van der Waals surface area contributed by atoms with E-state index < -0.39 is 0 Å². The molecule has 0 aliphatic rings. The van der Waals surface area contributed by atoms with Crippen LogP contribution in [0.4, 0.5) is 0 Å². The van der Waals surface area contributed by atoms with Crippen LogP contribution in [0.1, 0.15) is 30.8 Å². The molecule has 0 radical (unpaired) electrons. The largest absolute Gasteiger partial charge is 0.357 e. The van der Waals surface area contributed by atoms with Crippen molar-refractivity contribution < 1.29 is 0 Å². The number of nitrogens with zero attached hydrogens (tertiary/aromatic N) is 4. The summed E-state index contributed by atoms with van der Waals surface area (Å²) in [6.45, 7) is 9.18. The zero-order valence-electron chi connectivity index (χ0n) is 13.5. The minimum Gasteiger partial charge on any atom is -0.357 e. The summed E-state index contributed by atoms with van der Waals surface area (Å²) in [5, 5.41) is 14.6. The number of nitrogens with one attached hydrogen (secondary N) is 2. The van der Waals surface area contributed by atoms with Crippen LogP contribution in [0.2, 0.25) is 0 Å². The normalized spacial score (nSPS) is 11.5. The van der Waals surface area contributed by atoms with Gasteiger partial charge in [0.2, 0.25) is 0 Å². The monoisotopic (exact) mass is 300 g/mol. The second-order valence-corrected chi connectivity index (χ2v) is 5.01. The van der Waals surface area contributed by atoms with E-state index in [0.29, 0.717) is 13.1 Å². The van der Waals surface area contributed by atoms with Gasteiger partial charge in [-0.1, -0.05) is 24.3 Å². The van der Waals surface area contributed by atoms with Crippen LogP contribution in [-0.2, 0) is 19.6 Å². The first kappa shape index (κ1) is 16.0. The number of aromatic nitrogens is 3. The standard InChI is InChI=1S/C16H24N6/c1-4-17-16(18-10-14-9-7-6-8-13(14)3)19-11-15-21-20-12-22(15)5-2/h6-9,12H,4-5,10-11H2,1-3H3,(H2,17,18,19). The van der Waals surface area contributed by atoms with Crippen LogP contribution in [0.3, 0.4) is 0 Å². The quantitative estimate of drug-likeness (QED) is 0.631. The summed E-state index contributed by atoms with van der Waals surface area (Å²) in [5.41, 5.74) is 2.49. The van der Waals surface area contributed by atoms with Crippen LogP contribution in [0, 0.1) is 6.92 Å². The molecule has 6 heteroatoms. The fraction of sp³-hybridized carbons (Fsp3) is 0.438. The van der Waals surface area contributed by atoms with Crippen molar-refractivity contribution in [3.63, 3.8) is 0 Å². The third-order valence-electron chi connectivity index (χ3n) is 3.46. The molecular formula is C16H24N6. The predicted molar refractivity (Wildman–Crippen MR) is 88.5 cm³/mol. The second-order valence-electron chi connectivity index (χ2n) is 5.01. The summed E-state index contributed by atoms with van der Waals surface area (Å²) < 4.78 is 2.01. The van der Waals surface area contributed by atoms with Gasteiger partial charge in [-0.15, -0.1) is 10.2 Å². The van der Waals surface area contributed by atoms with Gasteiger partial charge in [0.15, 0.2) is 11.8 Å². The zero-order chi connectivity index (χ0) is 15.8. The molecule has 0 aliphatic heterocycles. The molecule has 0 atom stereocenters. The molecule has 0 amide bonds. The lowest BCUT2D eigenvalue weighted by Crippen LogP contribution is -2.37. The van der Waals surface area contributed by atoms with E-state index >= 15 is 0 Å². The molecule has 1 heterocycles. The number of benzene rings is 1. The van der Waals surface area contributed by atoms with E-state index in [1.54, 1.807) is 6.33 Å². The van der Waals surface area contributed by atoms with Crippen molar-refractivity contribution in [1.82, 2.24) is 25.4 Å². The maximum Gasteiger partial charge on any atom is 0.191 e. The third-order valence-corrected chi connectivity index (χ3v) is 3.46. The molecule has 0 saturated heterocycles. The highest BCUT2D eigenvalue weighted by Gasteiger charge is 2.04. The molecule has 0 bridgehead atoms. The van der Waals surface area contributed by atoms with Gasteiger partial charge in [-0.25, -0.2) is 4.99 Å². The summed E-state index contributed by atoms with van der Waals surface area (Å²) in [5.74, 6) is 1.69. The Hall–Kier alpha value is -2.37. The predicted octanol–water partition coefficient (Wildman–Crippen LogP) is 1.86. The fourth-order valence-corrected chi connectivity index (χ4v) is 2.14.